The van der Waals surface area contributed by atoms with Gasteiger partial charge in [-0.15, -0.1) is 0 Å². The highest BCUT2D eigenvalue weighted by atomic mass is 16.5. The van der Waals surface area contributed by atoms with Gasteiger partial charge in [-0.3, -0.25) is 0 Å². The Morgan fingerprint density at radius 1 is 1.42 bits per heavy atom. The van der Waals surface area contributed by atoms with Crippen LogP contribution in [0.4, 0.5) is 11.6 Å². The highest BCUT2D eigenvalue weighted by molar-refractivity contribution is 5.45. The summed E-state index contributed by atoms with van der Waals surface area (Å²) >= 11 is 0. The molecule has 0 amide bonds. The van der Waals surface area contributed by atoms with Gasteiger partial charge in [-0.25, -0.2) is 9.97 Å². The van der Waals surface area contributed by atoms with E-state index >= 15 is 0 Å². The fraction of sp³-hybridized carbons (Fsp3) is 0.389. The van der Waals surface area contributed by atoms with Gasteiger partial charge in [0.2, 0.25) is 0 Å². The monoisotopic (exact) mass is 323 g/mol. The molecule has 0 radical (unpaired) electrons. The summed E-state index contributed by atoms with van der Waals surface area (Å²) in [6.45, 7) is 7.04. The number of nitrogens with zero attached hydrogens (tertiary/aromatic N) is 4. The quantitative estimate of drug-likeness (QED) is 0.932. The second-order valence-corrected chi connectivity index (χ2v) is 5.98. The van der Waals surface area contributed by atoms with Gasteiger partial charge in [-0.05, 0) is 43.2 Å². The zero-order valence-electron chi connectivity index (χ0n) is 14.0. The molecule has 3 heterocycles. The number of rotatable bonds is 4. The van der Waals surface area contributed by atoms with E-state index in [1.807, 2.05) is 31.3 Å². The van der Waals surface area contributed by atoms with Crippen LogP contribution in [0.1, 0.15) is 23.7 Å². The van der Waals surface area contributed by atoms with E-state index in [4.69, 9.17) is 10.00 Å². The molecule has 124 valence electrons. The third-order valence-electron chi connectivity index (χ3n) is 4.05. The van der Waals surface area contributed by atoms with Gasteiger partial charge in [0, 0.05) is 25.8 Å². The van der Waals surface area contributed by atoms with Gasteiger partial charge in [0.25, 0.3) is 0 Å². The maximum Gasteiger partial charge on any atom is 0.145 e. The molecule has 3 rings (SSSR count). The van der Waals surface area contributed by atoms with Crippen LogP contribution in [0.2, 0.25) is 0 Å². The van der Waals surface area contributed by atoms with E-state index in [1.165, 1.54) is 0 Å². The van der Waals surface area contributed by atoms with Crippen LogP contribution in [0.15, 0.2) is 30.5 Å². The van der Waals surface area contributed by atoms with E-state index in [2.05, 4.69) is 39.2 Å². The molecule has 1 fully saturated rings. The highest BCUT2D eigenvalue weighted by Crippen LogP contribution is 2.17. The number of nitrogens with one attached hydrogen (secondary N) is 1. The molecule has 1 aliphatic heterocycles. The van der Waals surface area contributed by atoms with E-state index in [9.17, 15) is 0 Å². The van der Waals surface area contributed by atoms with Gasteiger partial charge >= 0.3 is 0 Å². The number of nitriles is 1. The zero-order valence-corrected chi connectivity index (χ0v) is 14.0. The molecule has 0 aromatic carbocycles. The molecule has 1 N–H and O–H groups in total. The standard InChI is InChI=1S/C18H21N5O/c1-13-3-4-17(22-16(13)10-19)21-11-15-5-6-20-18(9-15)23-7-8-24-14(2)12-23/h3-6,9,14H,7-8,11-12H2,1-2H3,(H,21,22). The molecule has 1 atom stereocenters. The Bertz CT molecular complexity index is 755. The van der Waals surface area contributed by atoms with E-state index in [1.54, 1.807) is 0 Å². The lowest BCUT2D eigenvalue weighted by molar-refractivity contribution is 0.0529. The fourth-order valence-corrected chi connectivity index (χ4v) is 2.70. The lowest BCUT2D eigenvalue weighted by Gasteiger charge is -2.32. The number of aromatic nitrogens is 2. The van der Waals surface area contributed by atoms with Crippen LogP contribution in [0.25, 0.3) is 0 Å². The first-order valence-corrected chi connectivity index (χ1v) is 8.09. The number of hydrogen-bond donors (Lipinski definition) is 1. The van der Waals surface area contributed by atoms with E-state index in [0.29, 0.717) is 18.1 Å². The van der Waals surface area contributed by atoms with Crippen LogP contribution in [0.5, 0.6) is 0 Å². The molecule has 6 nitrogen and oxygen atoms in total. The predicted molar refractivity (Wildman–Crippen MR) is 92.9 cm³/mol. The van der Waals surface area contributed by atoms with Crippen molar-refractivity contribution in [3.8, 4) is 6.07 Å². The second kappa shape index (κ2) is 7.28. The molecule has 0 bridgehead atoms. The number of hydrogen-bond acceptors (Lipinski definition) is 6. The van der Waals surface area contributed by atoms with Crippen molar-refractivity contribution < 1.29 is 4.74 Å². The Labute approximate surface area is 142 Å². The summed E-state index contributed by atoms with van der Waals surface area (Å²) < 4.78 is 5.58. The first-order chi connectivity index (χ1) is 11.7. The lowest BCUT2D eigenvalue weighted by atomic mass is 10.2. The molecule has 0 spiro atoms. The van der Waals surface area contributed by atoms with Crippen molar-refractivity contribution in [3.63, 3.8) is 0 Å². The fourth-order valence-electron chi connectivity index (χ4n) is 2.70. The average molecular weight is 323 g/mol. The van der Waals surface area contributed by atoms with Crippen LogP contribution >= 0.6 is 0 Å². The van der Waals surface area contributed by atoms with Crippen molar-refractivity contribution in [2.75, 3.05) is 29.9 Å². The largest absolute Gasteiger partial charge is 0.375 e. The molecule has 0 saturated carbocycles. The van der Waals surface area contributed by atoms with Gasteiger partial charge in [-0.1, -0.05) is 6.07 Å². The summed E-state index contributed by atoms with van der Waals surface area (Å²) in [6.07, 6.45) is 2.05. The molecule has 0 aliphatic carbocycles. The van der Waals surface area contributed by atoms with Crippen LogP contribution < -0.4 is 10.2 Å². The molecule has 1 saturated heterocycles. The van der Waals surface area contributed by atoms with Gasteiger partial charge in [0.15, 0.2) is 0 Å². The second-order valence-electron chi connectivity index (χ2n) is 5.98. The molecule has 6 heteroatoms. The topological polar surface area (TPSA) is 74.1 Å². The summed E-state index contributed by atoms with van der Waals surface area (Å²) in [6, 6.07) is 9.98. The van der Waals surface area contributed by atoms with Crippen LogP contribution in [-0.2, 0) is 11.3 Å². The van der Waals surface area contributed by atoms with Gasteiger partial charge in [0.05, 0.1) is 12.7 Å². The molecular formula is C18H21N5O. The number of morpholine rings is 1. The number of aryl methyl sites for hydroxylation is 1. The molecule has 2 aromatic rings. The van der Waals surface area contributed by atoms with E-state index in [-0.39, 0.29) is 6.10 Å². The summed E-state index contributed by atoms with van der Waals surface area (Å²) in [5, 5.41) is 12.3. The number of anilines is 2. The summed E-state index contributed by atoms with van der Waals surface area (Å²) in [4.78, 5) is 11.0. The van der Waals surface area contributed by atoms with Crippen molar-refractivity contribution in [1.29, 1.82) is 5.26 Å². The minimum Gasteiger partial charge on any atom is -0.375 e. The summed E-state index contributed by atoms with van der Waals surface area (Å²) in [5.74, 6) is 1.68. The maximum atomic E-state index is 9.07. The zero-order chi connectivity index (χ0) is 16.9. The molecule has 1 aliphatic rings. The Hall–Kier alpha value is -2.65. The van der Waals surface area contributed by atoms with Crippen LogP contribution in [0, 0.1) is 18.3 Å². The average Bonchev–Trinajstić information content (AvgIpc) is 2.61. The summed E-state index contributed by atoms with van der Waals surface area (Å²) in [5.41, 5.74) is 2.47. The van der Waals surface area contributed by atoms with Crippen molar-refractivity contribution >= 4 is 11.6 Å². The first kappa shape index (κ1) is 16.2. The van der Waals surface area contributed by atoms with Gasteiger partial charge in [-0.2, -0.15) is 5.26 Å². The first-order valence-electron chi connectivity index (χ1n) is 8.09. The number of ether oxygens (including phenoxy) is 1. The Morgan fingerprint density at radius 3 is 3.08 bits per heavy atom. The molecule has 2 aromatic heterocycles. The van der Waals surface area contributed by atoms with Gasteiger partial charge in [0.1, 0.15) is 23.4 Å². The lowest BCUT2D eigenvalue weighted by Crippen LogP contribution is -2.41. The van der Waals surface area contributed by atoms with Gasteiger partial charge < -0.3 is 15.0 Å². The van der Waals surface area contributed by atoms with Crippen molar-refractivity contribution in [2.45, 2.75) is 26.5 Å². The predicted octanol–water partition coefficient (Wildman–Crippen LogP) is 2.49. The maximum absolute atomic E-state index is 9.07. The summed E-state index contributed by atoms with van der Waals surface area (Å²) in [7, 11) is 0. The third-order valence-corrected chi connectivity index (χ3v) is 4.05. The molecule has 1 unspecified atom stereocenters. The third kappa shape index (κ3) is 3.81. The minimum absolute atomic E-state index is 0.225. The van der Waals surface area contributed by atoms with E-state index < -0.39 is 0 Å². The Morgan fingerprint density at radius 2 is 2.29 bits per heavy atom. The van der Waals surface area contributed by atoms with Crippen LogP contribution in [0.3, 0.4) is 0 Å². The Kier molecular flexibility index (Phi) is 4.92. The Balaban J connectivity index is 1.68. The molecule has 24 heavy (non-hydrogen) atoms. The highest BCUT2D eigenvalue weighted by Gasteiger charge is 2.17. The molecular weight excluding hydrogens is 302 g/mol. The number of pyridine rings is 2. The minimum atomic E-state index is 0.225. The SMILES string of the molecule is Cc1ccc(NCc2ccnc(N3CCOC(C)C3)c2)nc1C#N. The van der Waals surface area contributed by atoms with Crippen molar-refractivity contribution in [2.24, 2.45) is 0 Å². The van der Waals surface area contributed by atoms with Crippen molar-refractivity contribution in [3.05, 3.63) is 47.3 Å². The normalized spacial score (nSPS) is 17.4. The van der Waals surface area contributed by atoms with Crippen molar-refractivity contribution in [1.82, 2.24) is 9.97 Å². The van der Waals surface area contributed by atoms with E-state index in [0.717, 1.165) is 36.6 Å². The van der Waals surface area contributed by atoms with Crippen LogP contribution in [-0.4, -0.2) is 35.8 Å². The smallest absolute Gasteiger partial charge is 0.145 e.